The number of rotatable bonds is 0. The number of hydrogen-bond acceptors (Lipinski definition) is 5. The van der Waals surface area contributed by atoms with Crippen LogP contribution in [-0.2, 0) is 9.53 Å². The highest BCUT2D eigenvalue weighted by atomic mass is 127. The largest absolute Gasteiger partial charge is 0.460 e. The molecule has 3 aliphatic carbocycles. The van der Waals surface area contributed by atoms with Gasteiger partial charge in [-0.2, -0.15) is 0 Å². The molecule has 10 unspecified atom stereocenters. The molecule has 132 valence electrons. The van der Waals surface area contributed by atoms with Crippen LogP contribution in [0.15, 0.2) is 23.8 Å². The molecular formula is C18H23IO5. The van der Waals surface area contributed by atoms with Gasteiger partial charge in [-0.25, -0.2) is 4.79 Å². The number of alkyl halides is 1. The molecule has 0 bridgehead atoms. The van der Waals surface area contributed by atoms with Crippen LogP contribution in [0.1, 0.15) is 19.8 Å². The number of allylic oxidation sites excluding steroid dienone is 1. The van der Waals surface area contributed by atoms with Crippen molar-refractivity contribution in [3.05, 3.63) is 23.8 Å². The Labute approximate surface area is 154 Å². The number of carbonyl (C=O) groups excluding carboxylic acids is 1. The van der Waals surface area contributed by atoms with Gasteiger partial charge in [0, 0.05) is 15.8 Å². The van der Waals surface area contributed by atoms with Crippen LogP contribution in [-0.4, -0.2) is 49.6 Å². The molecule has 1 saturated heterocycles. The highest BCUT2D eigenvalue weighted by Crippen LogP contribution is 2.58. The van der Waals surface area contributed by atoms with Gasteiger partial charge in [0.15, 0.2) is 6.10 Å². The number of ether oxygens (including phenoxy) is 1. The summed E-state index contributed by atoms with van der Waals surface area (Å²) in [7, 11) is 0. The maximum Gasteiger partial charge on any atom is 0.335 e. The lowest BCUT2D eigenvalue weighted by Gasteiger charge is -2.58. The monoisotopic (exact) mass is 446 g/mol. The number of aliphatic hydroxyl groups is 3. The molecule has 3 fully saturated rings. The van der Waals surface area contributed by atoms with E-state index in [0.29, 0.717) is 12.0 Å². The summed E-state index contributed by atoms with van der Waals surface area (Å²) in [5.41, 5.74) is 1.69. The quantitative estimate of drug-likeness (QED) is 0.225. The van der Waals surface area contributed by atoms with Crippen molar-refractivity contribution in [1.82, 2.24) is 0 Å². The van der Waals surface area contributed by atoms with Crippen molar-refractivity contribution in [2.75, 3.05) is 0 Å². The zero-order valence-corrected chi connectivity index (χ0v) is 15.7. The normalized spacial score (nSPS) is 53.6. The molecule has 1 aliphatic heterocycles. The lowest BCUT2D eigenvalue weighted by molar-refractivity contribution is -0.201. The van der Waals surface area contributed by atoms with Crippen LogP contribution in [0.2, 0.25) is 0 Å². The Morgan fingerprint density at radius 2 is 1.96 bits per heavy atom. The average Bonchev–Trinajstić information content (AvgIpc) is 2.52. The van der Waals surface area contributed by atoms with Crippen LogP contribution in [0.25, 0.3) is 0 Å². The fourth-order valence-corrected chi connectivity index (χ4v) is 6.89. The first kappa shape index (κ1) is 17.0. The summed E-state index contributed by atoms with van der Waals surface area (Å²) >= 11 is 2.31. The molecule has 5 nitrogen and oxygen atoms in total. The molecule has 0 aromatic rings. The van der Waals surface area contributed by atoms with E-state index >= 15 is 0 Å². The van der Waals surface area contributed by atoms with E-state index in [4.69, 9.17) is 4.74 Å². The molecule has 1 heterocycles. The van der Waals surface area contributed by atoms with Crippen LogP contribution in [0.4, 0.5) is 0 Å². The summed E-state index contributed by atoms with van der Waals surface area (Å²) in [5.74, 6) is -0.521. The van der Waals surface area contributed by atoms with Gasteiger partial charge in [0.25, 0.3) is 0 Å². The summed E-state index contributed by atoms with van der Waals surface area (Å²) in [6, 6.07) is 0. The van der Waals surface area contributed by atoms with Crippen LogP contribution in [0.3, 0.4) is 0 Å². The highest BCUT2D eigenvalue weighted by molar-refractivity contribution is 14.1. The van der Waals surface area contributed by atoms with Gasteiger partial charge in [-0.3, -0.25) is 0 Å². The Morgan fingerprint density at radius 1 is 1.25 bits per heavy atom. The molecule has 4 rings (SSSR count). The van der Waals surface area contributed by atoms with E-state index in [1.54, 1.807) is 0 Å². The van der Waals surface area contributed by atoms with Gasteiger partial charge in [0.05, 0.1) is 12.2 Å². The SMILES string of the molecule is C=C1C(O)CC2C3C(CC4OC(=O)C(O)C1C42)C(C)=CC(O)C3I. The fourth-order valence-electron chi connectivity index (χ4n) is 5.65. The van der Waals surface area contributed by atoms with Crippen molar-refractivity contribution in [1.29, 1.82) is 0 Å². The lowest BCUT2D eigenvalue weighted by Crippen LogP contribution is -2.62. The molecule has 2 saturated carbocycles. The van der Waals surface area contributed by atoms with Crippen LogP contribution in [0, 0.1) is 29.6 Å². The van der Waals surface area contributed by atoms with Gasteiger partial charge >= 0.3 is 5.97 Å². The topological polar surface area (TPSA) is 87.0 Å². The third-order valence-electron chi connectivity index (χ3n) is 6.70. The van der Waals surface area contributed by atoms with Crippen molar-refractivity contribution in [3.63, 3.8) is 0 Å². The molecule has 10 atom stereocenters. The zero-order valence-electron chi connectivity index (χ0n) is 13.5. The van der Waals surface area contributed by atoms with E-state index in [9.17, 15) is 20.1 Å². The van der Waals surface area contributed by atoms with Crippen LogP contribution in [0.5, 0.6) is 0 Å². The molecular weight excluding hydrogens is 423 g/mol. The Balaban J connectivity index is 1.79. The number of esters is 1. The van der Waals surface area contributed by atoms with E-state index in [0.717, 1.165) is 12.0 Å². The number of hydrogen-bond donors (Lipinski definition) is 3. The second-order valence-electron chi connectivity index (χ2n) is 7.78. The van der Waals surface area contributed by atoms with Crippen molar-refractivity contribution in [2.24, 2.45) is 29.6 Å². The molecule has 0 aromatic carbocycles. The predicted molar refractivity (Wildman–Crippen MR) is 95.3 cm³/mol. The molecule has 0 radical (unpaired) electrons. The highest BCUT2D eigenvalue weighted by Gasteiger charge is 2.60. The standard InChI is InChI=1S/C18H23IO5/c1-6-3-11(21)16(19)14-8(6)5-12-15-9(14)4-10(20)7(2)13(15)17(22)18(23)24-12/h3,8-17,20-22H,2,4-5H2,1H3. The van der Waals surface area contributed by atoms with Crippen LogP contribution >= 0.6 is 22.6 Å². The van der Waals surface area contributed by atoms with Crippen LogP contribution < -0.4 is 0 Å². The van der Waals surface area contributed by atoms with Gasteiger partial charge in [0.1, 0.15) is 6.10 Å². The maximum absolute atomic E-state index is 12.1. The molecule has 6 heteroatoms. The van der Waals surface area contributed by atoms with Gasteiger partial charge < -0.3 is 20.1 Å². The summed E-state index contributed by atoms with van der Waals surface area (Å²) in [5, 5.41) is 31.3. The molecule has 24 heavy (non-hydrogen) atoms. The molecule has 0 amide bonds. The number of halogens is 1. The first-order chi connectivity index (χ1) is 11.3. The third kappa shape index (κ3) is 2.26. The number of fused-ring (bicyclic) bond motifs is 2. The minimum absolute atomic E-state index is 0.0229. The van der Waals surface area contributed by atoms with E-state index in [1.807, 2.05) is 13.0 Å². The minimum atomic E-state index is -1.24. The van der Waals surface area contributed by atoms with Crippen molar-refractivity contribution >= 4 is 28.6 Å². The zero-order chi connectivity index (χ0) is 17.3. The van der Waals surface area contributed by atoms with E-state index in [2.05, 4.69) is 29.2 Å². The molecule has 4 aliphatic rings. The second kappa shape index (κ2) is 5.79. The van der Waals surface area contributed by atoms with E-state index in [1.165, 1.54) is 0 Å². The smallest absolute Gasteiger partial charge is 0.335 e. The van der Waals surface area contributed by atoms with E-state index < -0.39 is 30.2 Å². The number of carbonyl (C=O) groups is 1. The van der Waals surface area contributed by atoms with Gasteiger partial charge in [-0.15, -0.1) is 0 Å². The minimum Gasteiger partial charge on any atom is -0.460 e. The Bertz CT molecular complexity index is 617. The summed E-state index contributed by atoms with van der Waals surface area (Å²) in [6.07, 6.45) is 0.478. The van der Waals surface area contributed by atoms with Crippen molar-refractivity contribution in [3.8, 4) is 0 Å². The number of aliphatic hydroxyl groups excluding tert-OH is 3. The van der Waals surface area contributed by atoms with Crippen molar-refractivity contribution in [2.45, 2.75) is 48.1 Å². The Kier molecular flexibility index (Phi) is 4.10. The molecule has 3 N–H and O–H groups in total. The maximum atomic E-state index is 12.1. The predicted octanol–water partition coefficient (Wildman–Crippen LogP) is 1.20. The average molecular weight is 446 g/mol. The van der Waals surface area contributed by atoms with Crippen molar-refractivity contribution < 1.29 is 24.9 Å². The first-order valence-electron chi connectivity index (χ1n) is 8.57. The molecule has 0 aromatic heterocycles. The van der Waals surface area contributed by atoms with E-state index in [-0.39, 0.29) is 33.7 Å². The Hall–Kier alpha value is -0.440. The summed E-state index contributed by atoms with van der Waals surface area (Å²) < 4.78 is 5.63. The fraction of sp³-hybridized carbons (Fsp3) is 0.722. The Morgan fingerprint density at radius 3 is 2.67 bits per heavy atom. The van der Waals surface area contributed by atoms with Gasteiger partial charge in [-0.05, 0) is 43.1 Å². The first-order valence-corrected chi connectivity index (χ1v) is 9.81. The summed E-state index contributed by atoms with van der Waals surface area (Å²) in [4.78, 5) is 12.1. The van der Waals surface area contributed by atoms with Gasteiger partial charge in [-0.1, -0.05) is 40.8 Å². The van der Waals surface area contributed by atoms with Gasteiger partial charge in [0.2, 0.25) is 0 Å². The molecule has 0 spiro atoms. The second-order valence-corrected chi connectivity index (χ2v) is 9.22. The lowest BCUT2D eigenvalue weighted by atomic mass is 9.51. The third-order valence-corrected chi connectivity index (χ3v) is 8.26. The summed E-state index contributed by atoms with van der Waals surface area (Å²) in [6.45, 7) is 5.99.